The SMILES string of the molecule is CSCCCCCn1cnc2cnc3ccccc3c21. The summed E-state index contributed by atoms with van der Waals surface area (Å²) in [4.78, 5) is 8.95. The van der Waals surface area contributed by atoms with Crippen molar-refractivity contribution in [1.82, 2.24) is 14.5 Å². The highest BCUT2D eigenvalue weighted by Crippen LogP contribution is 2.23. The highest BCUT2D eigenvalue weighted by molar-refractivity contribution is 7.98. The second kappa shape index (κ2) is 6.27. The van der Waals surface area contributed by atoms with E-state index in [-0.39, 0.29) is 0 Å². The fourth-order valence-electron chi connectivity index (χ4n) is 2.58. The number of aryl methyl sites for hydroxylation is 1. The average Bonchev–Trinajstić information content (AvgIpc) is 2.91. The van der Waals surface area contributed by atoms with Crippen LogP contribution < -0.4 is 0 Å². The van der Waals surface area contributed by atoms with Gasteiger partial charge in [0.25, 0.3) is 0 Å². The fourth-order valence-corrected chi connectivity index (χ4v) is 3.07. The molecule has 2 heterocycles. The molecule has 20 heavy (non-hydrogen) atoms. The van der Waals surface area contributed by atoms with E-state index in [1.807, 2.05) is 30.4 Å². The monoisotopic (exact) mass is 285 g/mol. The summed E-state index contributed by atoms with van der Waals surface area (Å²) in [6, 6.07) is 8.30. The van der Waals surface area contributed by atoms with Gasteiger partial charge >= 0.3 is 0 Å². The molecule has 3 nitrogen and oxygen atoms in total. The number of hydrogen-bond acceptors (Lipinski definition) is 3. The Morgan fingerprint density at radius 2 is 1.95 bits per heavy atom. The molecule has 0 amide bonds. The smallest absolute Gasteiger partial charge is 0.107 e. The second-order valence-corrected chi connectivity index (χ2v) is 5.99. The van der Waals surface area contributed by atoms with Crippen LogP contribution in [0.4, 0.5) is 0 Å². The van der Waals surface area contributed by atoms with Crippen LogP contribution in [0.3, 0.4) is 0 Å². The zero-order chi connectivity index (χ0) is 13.8. The normalized spacial score (nSPS) is 11.4. The van der Waals surface area contributed by atoms with Gasteiger partial charge in [0.1, 0.15) is 5.52 Å². The molecule has 3 rings (SSSR count). The number of imidazole rings is 1. The molecular formula is C16H19N3S. The van der Waals surface area contributed by atoms with E-state index in [2.05, 4.69) is 39.0 Å². The number of thioether (sulfide) groups is 1. The average molecular weight is 285 g/mol. The maximum absolute atomic E-state index is 4.48. The predicted octanol–water partition coefficient (Wildman–Crippen LogP) is 4.12. The van der Waals surface area contributed by atoms with E-state index < -0.39 is 0 Å². The Balaban J connectivity index is 1.86. The lowest BCUT2D eigenvalue weighted by molar-refractivity contribution is 0.616. The molecule has 0 unspecified atom stereocenters. The van der Waals surface area contributed by atoms with Gasteiger partial charge in [-0.15, -0.1) is 0 Å². The fraction of sp³-hybridized carbons (Fsp3) is 0.375. The molecule has 3 aromatic rings. The maximum Gasteiger partial charge on any atom is 0.107 e. The van der Waals surface area contributed by atoms with E-state index in [1.54, 1.807) is 0 Å². The first-order valence-corrected chi connectivity index (χ1v) is 8.47. The summed E-state index contributed by atoms with van der Waals surface area (Å²) in [6.07, 6.45) is 9.79. The first-order chi connectivity index (χ1) is 9.90. The third kappa shape index (κ3) is 2.66. The van der Waals surface area contributed by atoms with Crippen molar-refractivity contribution in [1.29, 1.82) is 0 Å². The Morgan fingerprint density at radius 1 is 1.05 bits per heavy atom. The molecule has 1 aromatic carbocycles. The van der Waals surface area contributed by atoms with Gasteiger partial charge in [-0.05, 0) is 30.9 Å². The Kier molecular flexibility index (Phi) is 4.21. The first-order valence-electron chi connectivity index (χ1n) is 7.07. The maximum atomic E-state index is 4.48. The summed E-state index contributed by atoms with van der Waals surface area (Å²) in [5, 5.41) is 1.20. The van der Waals surface area contributed by atoms with Gasteiger partial charge in [-0.25, -0.2) is 4.98 Å². The molecule has 0 bridgehead atoms. The Hall–Kier alpha value is -1.55. The Labute approximate surface area is 123 Å². The van der Waals surface area contributed by atoms with Crippen molar-refractivity contribution in [3.05, 3.63) is 36.8 Å². The van der Waals surface area contributed by atoms with Crippen molar-refractivity contribution in [2.24, 2.45) is 0 Å². The minimum Gasteiger partial charge on any atom is -0.330 e. The molecule has 0 saturated carbocycles. The molecule has 0 N–H and O–H groups in total. The molecule has 0 aliphatic rings. The summed E-state index contributed by atoms with van der Waals surface area (Å²) < 4.78 is 2.28. The summed E-state index contributed by atoms with van der Waals surface area (Å²) in [5.41, 5.74) is 3.26. The number of pyridine rings is 1. The second-order valence-electron chi connectivity index (χ2n) is 5.00. The summed E-state index contributed by atoms with van der Waals surface area (Å²) in [6.45, 7) is 1.04. The highest BCUT2D eigenvalue weighted by Gasteiger charge is 2.07. The summed E-state index contributed by atoms with van der Waals surface area (Å²) in [7, 11) is 0. The number of hydrogen-bond donors (Lipinski definition) is 0. The third-order valence-corrected chi connectivity index (χ3v) is 4.30. The van der Waals surface area contributed by atoms with Crippen LogP contribution in [0.5, 0.6) is 0 Å². The summed E-state index contributed by atoms with van der Waals surface area (Å²) in [5.74, 6) is 1.26. The van der Waals surface area contributed by atoms with Crippen molar-refractivity contribution >= 4 is 33.7 Å². The van der Waals surface area contributed by atoms with Crippen LogP contribution in [0.25, 0.3) is 21.9 Å². The molecule has 104 valence electrons. The molecule has 0 spiro atoms. The van der Waals surface area contributed by atoms with E-state index in [4.69, 9.17) is 0 Å². The number of nitrogens with zero attached hydrogens (tertiary/aromatic N) is 3. The Bertz CT molecular complexity index is 705. The molecule has 0 aliphatic carbocycles. The molecule has 0 saturated heterocycles. The Morgan fingerprint density at radius 3 is 2.85 bits per heavy atom. The van der Waals surface area contributed by atoms with Crippen LogP contribution >= 0.6 is 11.8 Å². The predicted molar refractivity (Wildman–Crippen MR) is 87.3 cm³/mol. The van der Waals surface area contributed by atoms with Gasteiger partial charge in [0.2, 0.25) is 0 Å². The number of para-hydroxylation sites is 1. The van der Waals surface area contributed by atoms with E-state index >= 15 is 0 Å². The molecule has 0 fully saturated rings. The molecule has 0 atom stereocenters. The van der Waals surface area contributed by atoms with Crippen molar-refractivity contribution in [3.63, 3.8) is 0 Å². The van der Waals surface area contributed by atoms with Gasteiger partial charge in [-0.1, -0.05) is 24.6 Å². The van der Waals surface area contributed by atoms with E-state index in [9.17, 15) is 0 Å². The van der Waals surface area contributed by atoms with E-state index in [1.165, 1.54) is 35.9 Å². The van der Waals surface area contributed by atoms with Gasteiger partial charge in [-0.3, -0.25) is 4.98 Å². The number of fused-ring (bicyclic) bond motifs is 3. The molecule has 4 heteroatoms. The van der Waals surface area contributed by atoms with Gasteiger partial charge in [-0.2, -0.15) is 11.8 Å². The van der Waals surface area contributed by atoms with Crippen molar-refractivity contribution in [2.75, 3.05) is 12.0 Å². The van der Waals surface area contributed by atoms with Crippen molar-refractivity contribution in [2.45, 2.75) is 25.8 Å². The van der Waals surface area contributed by atoms with Crippen LogP contribution in [0.2, 0.25) is 0 Å². The van der Waals surface area contributed by atoms with Crippen LogP contribution in [-0.2, 0) is 6.54 Å². The van der Waals surface area contributed by atoms with Gasteiger partial charge in [0.15, 0.2) is 0 Å². The molecule has 2 aromatic heterocycles. The minimum atomic E-state index is 0.993. The van der Waals surface area contributed by atoms with Gasteiger partial charge in [0.05, 0.1) is 23.6 Å². The van der Waals surface area contributed by atoms with Crippen molar-refractivity contribution in [3.8, 4) is 0 Å². The lowest BCUT2D eigenvalue weighted by atomic mass is 10.2. The van der Waals surface area contributed by atoms with Crippen LogP contribution in [-0.4, -0.2) is 26.5 Å². The van der Waals surface area contributed by atoms with Gasteiger partial charge < -0.3 is 4.57 Å². The third-order valence-electron chi connectivity index (χ3n) is 3.60. The van der Waals surface area contributed by atoms with Crippen LogP contribution in [0, 0.1) is 0 Å². The van der Waals surface area contributed by atoms with E-state index in [0.717, 1.165) is 17.6 Å². The zero-order valence-corrected chi connectivity index (χ0v) is 12.6. The van der Waals surface area contributed by atoms with Crippen LogP contribution in [0.15, 0.2) is 36.8 Å². The minimum absolute atomic E-state index is 0.993. The number of benzene rings is 1. The van der Waals surface area contributed by atoms with Crippen molar-refractivity contribution < 1.29 is 0 Å². The quantitative estimate of drug-likeness (QED) is 0.638. The number of aromatic nitrogens is 3. The van der Waals surface area contributed by atoms with Gasteiger partial charge in [0, 0.05) is 11.9 Å². The first kappa shape index (κ1) is 13.4. The lowest BCUT2D eigenvalue weighted by Gasteiger charge is -2.06. The highest BCUT2D eigenvalue weighted by atomic mass is 32.2. The topological polar surface area (TPSA) is 30.7 Å². The zero-order valence-electron chi connectivity index (χ0n) is 11.7. The largest absolute Gasteiger partial charge is 0.330 e. The standard InChI is InChI=1S/C16H19N3S/c1-20-10-6-2-5-9-19-12-18-15-11-17-14-8-4-3-7-13(14)16(15)19/h3-4,7-8,11-12H,2,5-6,9-10H2,1H3. The van der Waals surface area contributed by atoms with E-state index in [0.29, 0.717) is 0 Å². The number of rotatable bonds is 6. The molecule has 0 radical (unpaired) electrons. The van der Waals surface area contributed by atoms with Crippen LogP contribution in [0.1, 0.15) is 19.3 Å². The number of unbranched alkanes of at least 4 members (excludes halogenated alkanes) is 2. The molecular weight excluding hydrogens is 266 g/mol. The molecule has 0 aliphatic heterocycles. The lowest BCUT2D eigenvalue weighted by Crippen LogP contribution is -1.97. The summed E-state index contributed by atoms with van der Waals surface area (Å²) >= 11 is 1.93.